The number of aromatic nitrogens is 1. The minimum atomic E-state index is -0.000784. The van der Waals surface area contributed by atoms with Crippen molar-refractivity contribution in [3.05, 3.63) is 36.0 Å². The highest BCUT2D eigenvalue weighted by atomic mass is 16.2. The summed E-state index contributed by atoms with van der Waals surface area (Å²) in [7, 11) is 0. The summed E-state index contributed by atoms with van der Waals surface area (Å²) in [5.74, 6) is 6.10. The van der Waals surface area contributed by atoms with Gasteiger partial charge in [-0.05, 0) is 24.3 Å². The molecule has 0 aliphatic carbocycles. The van der Waals surface area contributed by atoms with E-state index < -0.39 is 0 Å². The fourth-order valence-electron chi connectivity index (χ4n) is 2.85. The predicted octanol–water partition coefficient (Wildman–Crippen LogP) is 2.54. The molecule has 0 radical (unpaired) electrons. The van der Waals surface area contributed by atoms with Gasteiger partial charge in [-0.2, -0.15) is 0 Å². The zero-order valence-electron chi connectivity index (χ0n) is 12.0. The number of rotatable bonds is 2. The fraction of sp³-hybridized carbons (Fsp3) is 0.375. The highest BCUT2D eigenvalue weighted by Crippen LogP contribution is 2.23. The van der Waals surface area contributed by atoms with Gasteiger partial charge < -0.3 is 10.3 Å². The van der Waals surface area contributed by atoms with Crippen LogP contribution in [0.4, 0.5) is 5.82 Å². The van der Waals surface area contributed by atoms with Crippen LogP contribution >= 0.6 is 0 Å². The maximum atomic E-state index is 12.7. The molecular weight excluding hydrogens is 264 g/mol. The van der Waals surface area contributed by atoms with Gasteiger partial charge in [0.05, 0.1) is 0 Å². The number of amides is 1. The molecule has 3 N–H and O–H groups in total. The lowest BCUT2D eigenvalue weighted by Crippen LogP contribution is -2.32. The number of carbonyl (C=O) groups excluding carboxylic acids is 1. The van der Waals surface area contributed by atoms with Crippen LogP contribution in [0.15, 0.2) is 30.3 Å². The first-order valence-electron chi connectivity index (χ1n) is 7.45. The zero-order valence-corrected chi connectivity index (χ0v) is 12.0. The van der Waals surface area contributed by atoms with Crippen molar-refractivity contribution in [1.82, 2.24) is 9.88 Å². The van der Waals surface area contributed by atoms with Crippen LogP contribution in [0.1, 0.15) is 36.2 Å². The van der Waals surface area contributed by atoms with E-state index in [2.05, 4.69) is 10.4 Å². The van der Waals surface area contributed by atoms with Crippen molar-refractivity contribution < 1.29 is 4.79 Å². The summed E-state index contributed by atoms with van der Waals surface area (Å²) < 4.78 is 0. The van der Waals surface area contributed by atoms with Crippen molar-refractivity contribution >= 4 is 22.5 Å². The lowest BCUT2D eigenvalue weighted by atomic mass is 10.1. The molecule has 0 bridgehead atoms. The Morgan fingerprint density at radius 1 is 1.14 bits per heavy atom. The Labute approximate surface area is 124 Å². The van der Waals surface area contributed by atoms with E-state index in [1.807, 2.05) is 35.2 Å². The number of nitrogens with zero attached hydrogens (tertiary/aromatic N) is 2. The van der Waals surface area contributed by atoms with Crippen LogP contribution < -0.4 is 11.3 Å². The number of nitrogens with two attached hydrogens (primary N) is 1. The van der Waals surface area contributed by atoms with Crippen LogP contribution in [0.2, 0.25) is 0 Å². The Balaban J connectivity index is 1.97. The molecule has 0 saturated carbocycles. The SMILES string of the molecule is NNc1nc(C(=O)N2CCCCCC2)cc2ccccc12. The van der Waals surface area contributed by atoms with Gasteiger partial charge in [0.1, 0.15) is 11.5 Å². The second-order valence-corrected chi connectivity index (χ2v) is 5.43. The summed E-state index contributed by atoms with van der Waals surface area (Å²) in [6.07, 6.45) is 4.54. The number of benzene rings is 1. The van der Waals surface area contributed by atoms with E-state index in [9.17, 15) is 4.79 Å². The molecule has 1 aliphatic rings. The molecule has 1 aliphatic heterocycles. The number of nitrogens with one attached hydrogen (secondary N) is 1. The standard InChI is InChI=1S/C16H20N4O/c17-19-15-13-8-4-3-7-12(13)11-14(18-15)16(21)20-9-5-1-2-6-10-20/h3-4,7-8,11H,1-2,5-6,9-10,17H2,(H,18,19). The summed E-state index contributed by atoms with van der Waals surface area (Å²) in [5, 5.41) is 1.89. The van der Waals surface area contributed by atoms with Gasteiger partial charge in [-0.1, -0.05) is 37.1 Å². The molecule has 1 fully saturated rings. The van der Waals surface area contributed by atoms with E-state index >= 15 is 0 Å². The molecule has 1 aromatic heterocycles. The molecule has 3 rings (SSSR count). The summed E-state index contributed by atoms with van der Waals surface area (Å²) >= 11 is 0. The largest absolute Gasteiger partial charge is 0.337 e. The molecule has 0 spiro atoms. The molecule has 0 atom stereocenters. The third kappa shape index (κ3) is 2.83. The molecule has 21 heavy (non-hydrogen) atoms. The summed E-state index contributed by atoms with van der Waals surface area (Å²) in [6, 6.07) is 9.64. The van der Waals surface area contributed by atoms with Crippen molar-refractivity contribution in [3.8, 4) is 0 Å². The maximum absolute atomic E-state index is 12.7. The Bertz CT molecular complexity index is 648. The van der Waals surface area contributed by atoms with Gasteiger partial charge in [-0.25, -0.2) is 10.8 Å². The van der Waals surface area contributed by atoms with E-state index in [0.717, 1.165) is 36.7 Å². The van der Waals surface area contributed by atoms with Crippen molar-refractivity contribution in [2.24, 2.45) is 5.84 Å². The maximum Gasteiger partial charge on any atom is 0.272 e. The van der Waals surface area contributed by atoms with E-state index in [-0.39, 0.29) is 5.91 Å². The van der Waals surface area contributed by atoms with Gasteiger partial charge in [0.15, 0.2) is 0 Å². The van der Waals surface area contributed by atoms with Gasteiger partial charge in [0, 0.05) is 18.5 Å². The van der Waals surface area contributed by atoms with E-state index in [1.165, 1.54) is 12.8 Å². The van der Waals surface area contributed by atoms with Crippen molar-refractivity contribution in [3.63, 3.8) is 0 Å². The quantitative estimate of drug-likeness (QED) is 0.656. The molecule has 5 nitrogen and oxygen atoms in total. The van der Waals surface area contributed by atoms with Crippen LogP contribution in [-0.2, 0) is 0 Å². The number of hydrazine groups is 1. The number of nitrogen functional groups attached to an aromatic ring is 1. The second-order valence-electron chi connectivity index (χ2n) is 5.43. The fourth-order valence-corrected chi connectivity index (χ4v) is 2.85. The topological polar surface area (TPSA) is 71.2 Å². The molecule has 5 heteroatoms. The van der Waals surface area contributed by atoms with Crippen LogP contribution in [0, 0.1) is 0 Å². The number of pyridine rings is 1. The number of hydrogen-bond donors (Lipinski definition) is 2. The number of anilines is 1. The molecule has 1 aromatic carbocycles. The lowest BCUT2D eigenvalue weighted by molar-refractivity contribution is 0.0756. The number of fused-ring (bicyclic) bond motifs is 1. The number of hydrogen-bond acceptors (Lipinski definition) is 4. The van der Waals surface area contributed by atoms with Crippen LogP contribution in [0.25, 0.3) is 10.8 Å². The van der Waals surface area contributed by atoms with Gasteiger partial charge >= 0.3 is 0 Å². The number of carbonyl (C=O) groups is 1. The van der Waals surface area contributed by atoms with Gasteiger partial charge in [-0.15, -0.1) is 0 Å². The third-order valence-corrected chi connectivity index (χ3v) is 3.99. The Morgan fingerprint density at radius 3 is 2.57 bits per heavy atom. The minimum Gasteiger partial charge on any atom is -0.337 e. The minimum absolute atomic E-state index is 0.000784. The molecular formula is C16H20N4O. The van der Waals surface area contributed by atoms with E-state index in [1.54, 1.807) is 0 Å². The average Bonchev–Trinajstić information content (AvgIpc) is 2.82. The summed E-state index contributed by atoms with van der Waals surface area (Å²) in [6.45, 7) is 1.64. The highest BCUT2D eigenvalue weighted by molar-refractivity contribution is 6.00. The molecule has 2 heterocycles. The van der Waals surface area contributed by atoms with Gasteiger partial charge in [0.2, 0.25) is 0 Å². The zero-order chi connectivity index (χ0) is 14.7. The van der Waals surface area contributed by atoms with Gasteiger partial charge in [-0.3, -0.25) is 4.79 Å². The van der Waals surface area contributed by atoms with Crippen molar-refractivity contribution in [2.75, 3.05) is 18.5 Å². The molecule has 0 unspecified atom stereocenters. The van der Waals surface area contributed by atoms with Crippen molar-refractivity contribution in [2.45, 2.75) is 25.7 Å². The molecule has 1 saturated heterocycles. The predicted molar refractivity (Wildman–Crippen MR) is 83.9 cm³/mol. The third-order valence-electron chi connectivity index (χ3n) is 3.99. The van der Waals surface area contributed by atoms with Crippen molar-refractivity contribution in [1.29, 1.82) is 0 Å². The molecule has 1 amide bonds. The van der Waals surface area contributed by atoms with E-state index in [0.29, 0.717) is 11.5 Å². The first kappa shape index (κ1) is 13.8. The van der Waals surface area contributed by atoms with Gasteiger partial charge in [0.25, 0.3) is 5.91 Å². The van der Waals surface area contributed by atoms with E-state index in [4.69, 9.17) is 5.84 Å². The Kier molecular flexibility index (Phi) is 4.01. The average molecular weight is 284 g/mol. The smallest absolute Gasteiger partial charge is 0.272 e. The normalized spacial score (nSPS) is 15.8. The van der Waals surface area contributed by atoms with Crippen LogP contribution in [0.5, 0.6) is 0 Å². The highest BCUT2D eigenvalue weighted by Gasteiger charge is 2.19. The molecule has 110 valence electrons. The Morgan fingerprint density at radius 2 is 1.86 bits per heavy atom. The first-order valence-corrected chi connectivity index (χ1v) is 7.45. The lowest BCUT2D eigenvalue weighted by Gasteiger charge is -2.20. The first-order chi connectivity index (χ1) is 10.3. The van der Waals surface area contributed by atoms with Crippen LogP contribution in [0.3, 0.4) is 0 Å². The Hall–Kier alpha value is -2.14. The second kappa shape index (κ2) is 6.10. The van der Waals surface area contributed by atoms with Crippen LogP contribution in [-0.4, -0.2) is 28.9 Å². The summed E-state index contributed by atoms with van der Waals surface area (Å²) in [4.78, 5) is 19.0. The monoisotopic (exact) mass is 284 g/mol. The number of likely N-dealkylation sites (tertiary alicyclic amines) is 1. The molecule has 2 aromatic rings. The summed E-state index contributed by atoms with van der Waals surface area (Å²) in [5.41, 5.74) is 3.06.